The smallest absolute Gasteiger partial charge is 0.247 e. The second-order valence-electron chi connectivity index (χ2n) is 29.3. The molecular weight excluding hydrogens is 1010 g/mol. The van der Waals surface area contributed by atoms with Crippen LogP contribution >= 0.6 is 0 Å². The van der Waals surface area contributed by atoms with Crippen molar-refractivity contribution in [1.29, 1.82) is 0 Å². The second kappa shape index (κ2) is 20.2. The molecule has 0 aliphatic carbocycles. The molecule has 0 saturated carbocycles. The number of hydrogen-bond acceptors (Lipinski definition) is 0. The van der Waals surface area contributed by atoms with Crippen LogP contribution in [0.25, 0.3) is 77.2 Å². The molecule has 84 heavy (non-hydrogen) atoms. The molecule has 4 heteroatoms. The molecule has 0 fully saturated rings. The van der Waals surface area contributed by atoms with Gasteiger partial charge in [-0.25, -0.2) is 0 Å². The summed E-state index contributed by atoms with van der Waals surface area (Å²) in [6.07, 6.45) is 0. The SMILES string of the molecule is CC(C)c1cc(C(C)C)c(B2c3cc4c(cc3-n3c5ccccc5c5cc(-c6ccc(C(C)(C)C)cc6)cc2c53)B(c2c(C(C)C)cc(C(C)C)cc2C(C)C)c2cc(-c3ccc(C(C)(C)C)cc3)cc3c5ccccc5n-4c23)c(C(C)C)c1. The summed E-state index contributed by atoms with van der Waals surface area (Å²) in [5.74, 6) is 2.01. The third-order valence-electron chi connectivity index (χ3n) is 19.6. The number of rotatable bonds is 10. The summed E-state index contributed by atoms with van der Waals surface area (Å²) < 4.78 is 5.42. The lowest BCUT2D eigenvalue weighted by molar-refractivity contribution is 0.590. The molecule has 11 aromatic rings. The van der Waals surface area contributed by atoms with Crippen LogP contribution in [0.5, 0.6) is 0 Å². The first-order chi connectivity index (χ1) is 39.9. The molecule has 2 aromatic heterocycles. The maximum absolute atomic E-state index is 2.72. The maximum Gasteiger partial charge on any atom is 0.247 e. The summed E-state index contributed by atoms with van der Waals surface area (Å²) >= 11 is 0. The lowest BCUT2D eigenvalue weighted by Gasteiger charge is -2.36. The fourth-order valence-corrected chi connectivity index (χ4v) is 15.0. The Labute approximate surface area is 502 Å². The Balaban J connectivity index is 1.22. The molecular formula is C80H86B2N2. The summed E-state index contributed by atoms with van der Waals surface area (Å²) in [5, 5.41) is 5.23. The first kappa shape index (κ1) is 55.9. The van der Waals surface area contributed by atoms with Gasteiger partial charge in [0.2, 0.25) is 13.4 Å². The van der Waals surface area contributed by atoms with Crippen molar-refractivity contribution in [1.82, 2.24) is 9.13 Å². The highest BCUT2D eigenvalue weighted by Crippen LogP contribution is 2.42. The monoisotopic (exact) mass is 1100 g/mol. The first-order valence-electron chi connectivity index (χ1n) is 31.8. The van der Waals surface area contributed by atoms with Gasteiger partial charge < -0.3 is 9.13 Å². The number of hydrogen-bond donors (Lipinski definition) is 0. The number of aromatic nitrogens is 2. The van der Waals surface area contributed by atoms with E-state index in [9.17, 15) is 0 Å². The van der Waals surface area contributed by atoms with Gasteiger partial charge in [-0.3, -0.25) is 0 Å². The van der Waals surface area contributed by atoms with Crippen molar-refractivity contribution >= 4 is 89.8 Å². The van der Waals surface area contributed by atoms with Crippen molar-refractivity contribution in [2.75, 3.05) is 0 Å². The molecule has 0 saturated heterocycles. The third kappa shape index (κ3) is 8.80. The standard InChI is InChI=1S/C80H86B2N2/c1-45(2)53-35-61(47(5)6)75(62(36-53)48(7)8)81-67-43-74-68(44-73(67)83-71-25-21-19-23-59(71)65-39-55(41-69(81)77(65)83)51-27-31-57(32-28-51)79(13,14)15)82(76-63(49(9)10)37-54(46(3)4)38-64(76)50(11)12)70-42-56(52-29-33-58(34-30-52)80(16,17)18)40-66-60-24-20-22-26-72(60)84(74)78(66)70/h19-50H,1-18H3. The van der Waals surface area contributed by atoms with Crippen LogP contribution in [0.1, 0.15) is 205 Å². The average Bonchev–Trinajstić information content (AvgIpc) is 1.90. The van der Waals surface area contributed by atoms with Crippen molar-refractivity contribution in [3.8, 4) is 33.6 Å². The minimum absolute atomic E-state index is 0.0551. The predicted octanol–water partition coefficient (Wildman–Crippen LogP) is 18.2. The van der Waals surface area contributed by atoms with Crippen molar-refractivity contribution in [3.63, 3.8) is 0 Å². The molecule has 422 valence electrons. The van der Waals surface area contributed by atoms with Crippen LogP contribution in [0.4, 0.5) is 0 Å². The van der Waals surface area contributed by atoms with E-state index in [-0.39, 0.29) is 24.3 Å². The topological polar surface area (TPSA) is 9.86 Å². The lowest BCUT2D eigenvalue weighted by Crippen LogP contribution is -2.61. The summed E-state index contributed by atoms with van der Waals surface area (Å²) in [6, 6.07) is 63.6. The van der Waals surface area contributed by atoms with E-state index in [1.165, 1.54) is 155 Å². The Kier molecular flexibility index (Phi) is 13.4. The average molecular weight is 1100 g/mol. The Hall–Kier alpha value is -7.29. The van der Waals surface area contributed by atoms with Gasteiger partial charge in [0, 0.05) is 44.0 Å². The fraction of sp³-hybridized carbons (Fsp3) is 0.325. The highest BCUT2D eigenvalue weighted by atomic mass is 15.0. The lowest BCUT2D eigenvalue weighted by atomic mass is 9.31. The Morgan fingerprint density at radius 3 is 0.929 bits per heavy atom. The Bertz CT molecular complexity index is 4100. The molecule has 2 nitrogen and oxygen atoms in total. The Morgan fingerprint density at radius 1 is 0.310 bits per heavy atom. The van der Waals surface area contributed by atoms with E-state index in [0.29, 0.717) is 35.5 Å². The zero-order chi connectivity index (χ0) is 59.3. The predicted molar refractivity (Wildman–Crippen MR) is 370 cm³/mol. The van der Waals surface area contributed by atoms with Gasteiger partial charge in [0.05, 0.1) is 11.0 Å². The molecule has 0 amide bonds. The molecule has 0 unspecified atom stereocenters. The number of fused-ring (bicyclic) bond motifs is 10. The van der Waals surface area contributed by atoms with Gasteiger partial charge in [0.15, 0.2) is 0 Å². The molecule has 0 N–H and O–H groups in total. The van der Waals surface area contributed by atoms with Crippen LogP contribution in [-0.4, -0.2) is 22.6 Å². The van der Waals surface area contributed by atoms with E-state index in [4.69, 9.17) is 0 Å². The van der Waals surface area contributed by atoms with Crippen molar-refractivity contribution < 1.29 is 0 Å². The van der Waals surface area contributed by atoms with E-state index in [0.717, 1.165) is 0 Å². The molecule has 13 rings (SSSR count). The molecule has 4 heterocycles. The molecule has 9 aromatic carbocycles. The first-order valence-corrected chi connectivity index (χ1v) is 31.8. The summed E-state index contributed by atoms with van der Waals surface area (Å²) in [7, 11) is 0. The zero-order valence-corrected chi connectivity index (χ0v) is 53.5. The van der Waals surface area contributed by atoms with E-state index >= 15 is 0 Å². The van der Waals surface area contributed by atoms with Crippen LogP contribution in [0.15, 0.2) is 158 Å². The van der Waals surface area contributed by atoms with Gasteiger partial charge in [-0.15, -0.1) is 0 Å². The van der Waals surface area contributed by atoms with E-state index in [1.54, 1.807) is 0 Å². The summed E-state index contributed by atoms with van der Waals surface area (Å²) in [4.78, 5) is 0. The van der Waals surface area contributed by atoms with E-state index in [2.05, 4.69) is 291 Å². The van der Waals surface area contributed by atoms with Crippen molar-refractivity contribution in [2.24, 2.45) is 0 Å². The van der Waals surface area contributed by atoms with Crippen molar-refractivity contribution in [3.05, 3.63) is 202 Å². The van der Waals surface area contributed by atoms with E-state index < -0.39 is 0 Å². The van der Waals surface area contributed by atoms with Gasteiger partial charge in [-0.05, 0) is 171 Å². The van der Waals surface area contributed by atoms with E-state index in [1.807, 2.05) is 0 Å². The molecule has 2 aliphatic heterocycles. The quantitative estimate of drug-likeness (QED) is 0.121. The highest BCUT2D eigenvalue weighted by Gasteiger charge is 2.43. The minimum atomic E-state index is -0.0622. The van der Waals surface area contributed by atoms with Crippen LogP contribution < -0.4 is 32.8 Å². The third-order valence-corrected chi connectivity index (χ3v) is 19.6. The number of benzene rings is 9. The van der Waals surface area contributed by atoms with Crippen LogP contribution in [-0.2, 0) is 10.8 Å². The molecule has 0 spiro atoms. The van der Waals surface area contributed by atoms with Gasteiger partial charge in [-0.2, -0.15) is 0 Å². The second-order valence-corrected chi connectivity index (χ2v) is 29.3. The van der Waals surface area contributed by atoms with Crippen LogP contribution in [0, 0.1) is 0 Å². The fourth-order valence-electron chi connectivity index (χ4n) is 15.0. The highest BCUT2D eigenvalue weighted by molar-refractivity contribution is 7.00. The summed E-state index contributed by atoms with van der Waals surface area (Å²) in [5.41, 5.74) is 32.8. The summed E-state index contributed by atoms with van der Waals surface area (Å²) in [6.45, 7) is 42.7. The normalized spacial score (nSPS) is 13.5. The maximum atomic E-state index is 2.72. The minimum Gasteiger partial charge on any atom is -0.310 e. The molecule has 0 radical (unpaired) electrons. The van der Waals surface area contributed by atoms with Crippen LogP contribution in [0.2, 0.25) is 0 Å². The Morgan fingerprint density at radius 2 is 0.631 bits per heavy atom. The van der Waals surface area contributed by atoms with Gasteiger partial charge in [0.25, 0.3) is 0 Å². The van der Waals surface area contributed by atoms with Crippen molar-refractivity contribution in [2.45, 2.75) is 171 Å². The van der Waals surface area contributed by atoms with Gasteiger partial charge >= 0.3 is 0 Å². The largest absolute Gasteiger partial charge is 0.310 e. The zero-order valence-electron chi connectivity index (χ0n) is 53.5. The van der Waals surface area contributed by atoms with Gasteiger partial charge in [0.1, 0.15) is 0 Å². The number of para-hydroxylation sites is 2. The molecule has 2 aliphatic rings. The molecule has 0 bridgehead atoms. The van der Waals surface area contributed by atoms with Gasteiger partial charge in [-0.1, -0.05) is 257 Å². The van der Waals surface area contributed by atoms with Crippen LogP contribution in [0.3, 0.4) is 0 Å². The number of nitrogens with zero attached hydrogens (tertiary/aromatic N) is 2. The molecule has 0 atom stereocenters.